The molecular weight excluding hydrogens is 454 g/mol. The molecule has 11 heteroatoms. The van der Waals surface area contributed by atoms with Crippen LogP contribution in [0.15, 0.2) is 16.0 Å². The molecule has 9 nitrogen and oxygen atoms in total. The van der Waals surface area contributed by atoms with Gasteiger partial charge in [-0.1, -0.05) is 6.92 Å². The Labute approximate surface area is 194 Å². The highest BCUT2D eigenvalue weighted by molar-refractivity contribution is 8.03. The highest BCUT2D eigenvalue weighted by atomic mass is 32.2. The summed E-state index contributed by atoms with van der Waals surface area (Å²) in [6, 6.07) is -0.124. The van der Waals surface area contributed by atoms with Gasteiger partial charge in [0.15, 0.2) is 5.69 Å². The molecule has 0 aliphatic carbocycles. The highest BCUT2D eigenvalue weighted by Gasteiger charge is 2.60. The van der Waals surface area contributed by atoms with Crippen LogP contribution in [0.4, 0.5) is 0 Å². The van der Waals surface area contributed by atoms with Crippen molar-refractivity contribution < 1.29 is 29.3 Å². The number of hydrogen-bond donors (Lipinski definition) is 3. The second kappa shape index (κ2) is 9.12. The lowest BCUT2D eigenvalue weighted by molar-refractivity contribution is -0.163. The first-order valence-corrected chi connectivity index (χ1v) is 12.5. The molecule has 0 bridgehead atoms. The van der Waals surface area contributed by atoms with Crippen LogP contribution < -0.4 is 5.32 Å². The van der Waals surface area contributed by atoms with Crippen LogP contribution in [0.3, 0.4) is 0 Å². The standard InChI is InChI=1S/C21H27N3O6S2/c1-4-30-21(29)13-8-31-14(23-13)6-11-5-12(7-22-11)32-18-9(2)16-15(10(3)25)19(26)24(16)17(18)20(27)28/h8-12,15-16,22,25H,4-7H2,1-3H3,(H,27,28)/t9-,10-,11+,12+,15?,16?/m1/s1. The number of thioether (sulfide) groups is 1. The molecule has 32 heavy (non-hydrogen) atoms. The van der Waals surface area contributed by atoms with Crippen LogP contribution in [0.5, 0.6) is 0 Å². The summed E-state index contributed by atoms with van der Waals surface area (Å²) in [5.41, 5.74) is 0.394. The predicted molar refractivity (Wildman–Crippen MR) is 119 cm³/mol. The number of carboxylic acid groups (broad SMARTS) is 1. The van der Waals surface area contributed by atoms with E-state index in [1.807, 2.05) is 6.92 Å². The summed E-state index contributed by atoms with van der Waals surface area (Å²) in [6.45, 7) is 6.29. The van der Waals surface area contributed by atoms with E-state index in [0.717, 1.165) is 11.4 Å². The van der Waals surface area contributed by atoms with E-state index < -0.39 is 24.0 Å². The smallest absolute Gasteiger partial charge is 0.357 e. The maximum Gasteiger partial charge on any atom is 0.357 e. The number of nitrogens with zero attached hydrogens (tertiary/aromatic N) is 2. The van der Waals surface area contributed by atoms with Gasteiger partial charge in [-0.3, -0.25) is 4.79 Å². The van der Waals surface area contributed by atoms with Crippen LogP contribution in [-0.2, 0) is 20.7 Å². The minimum atomic E-state index is -1.10. The Hall–Kier alpha value is -1.95. The molecule has 174 valence electrons. The lowest BCUT2D eigenvalue weighted by Crippen LogP contribution is -2.63. The van der Waals surface area contributed by atoms with Gasteiger partial charge in [0.05, 0.1) is 29.7 Å². The fourth-order valence-electron chi connectivity index (χ4n) is 4.80. The van der Waals surface area contributed by atoms with Crippen molar-refractivity contribution in [2.24, 2.45) is 11.8 Å². The normalized spacial score (nSPS) is 30.3. The van der Waals surface area contributed by atoms with E-state index in [1.54, 1.807) is 19.2 Å². The number of carbonyl (C=O) groups is 3. The molecule has 0 saturated carbocycles. The van der Waals surface area contributed by atoms with Gasteiger partial charge in [0, 0.05) is 40.5 Å². The highest BCUT2D eigenvalue weighted by Crippen LogP contribution is 2.51. The predicted octanol–water partition coefficient (Wildman–Crippen LogP) is 1.48. The Balaban J connectivity index is 1.40. The molecular formula is C21H27N3O6S2. The van der Waals surface area contributed by atoms with E-state index in [4.69, 9.17) is 4.74 Å². The Kier molecular flexibility index (Phi) is 6.62. The molecule has 2 fully saturated rings. The van der Waals surface area contributed by atoms with Gasteiger partial charge in [-0.25, -0.2) is 14.6 Å². The molecule has 1 aromatic rings. The third-order valence-electron chi connectivity index (χ3n) is 6.24. The molecule has 6 atom stereocenters. The molecule has 0 radical (unpaired) electrons. The van der Waals surface area contributed by atoms with E-state index in [2.05, 4.69) is 10.3 Å². The van der Waals surface area contributed by atoms with Crippen molar-refractivity contribution in [3.8, 4) is 0 Å². The van der Waals surface area contributed by atoms with Gasteiger partial charge >= 0.3 is 11.9 Å². The van der Waals surface area contributed by atoms with Crippen LogP contribution in [0.2, 0.25) is 0 Å². The molecule has 2 saturated heterocycles. The Bertz CT molecular complexity index is 961. The van der Waals surface area contributed by atoms with Gasteiger partial charge in [0.2, 0.25) is 5.91 Å². The summed E-state index contributed by atoms with van der Waals surface area (Å²) in [4.78, 5) is 42.7. The molecule has 1 amide bonds. The summed E-state index contributed by atoms with van der Waals surface area (Å²) in [5.74, 6) is -2.51. The summed E-state index contributed by atoms with van der Waals surface area (Å²) in [7, 11) is 0. The zero-order chi connectivity index (χ0) is 23.2. The zero-order valence-corrected chi connectivity index (χ0v) is 19.7. The number of hydrogen-bond acceptors (Lipinski definition) is 9. The lowest BCUT2D eigenvalue weighted by Gasteiger charge is -2.46. The van der Waals surface area contributed by atoms with Gasteiger partial charge < -0.3 is 25.2 Å². The van der Waals surface area contributed by atoms with Crippen molar-refractivity contribution >= 4 is 40.9 Å². The van der Waals surface area contributed by atoms with E-state index >= 15 is 0 Å². The maximum atomic E-state index is 12.5. The minimum absolute atomic E-state index is 0.0665. The molecule has 0 spiro atoms. The van der Waals surface area contributed by atoms with Crippen molar-refractivity contribution in [1.82, 2.24) is 15.2 Å². The van der Waals surface area contributed by atoms with Crippen LogP contribution in [0.1, 0.15) is 42.7 Å². The van der Waals surface area contributed by atoms with Crippen molar-refractivity contribution in [1.29, 1.82) is 0 Å². The fraction of sp³-hybridized carbons (Fsp3) is 0.619. The third kappa shape index (κ3) is 4.07. The number of aliphatic hydroxyl groups excluding tert-OH is 1. The van der Waals surface area contributed by atoms with Gasteiger partial charge in [0.25, 0.3) is 0 Å². The number of β-lactam (4-membered cyclic amide) rings is 1. The molecule has 4 rings (SSSR count). The van der Waals surface area contributed by atoms with Crippen molar-refractivity contribution in [2.75, 3.05) is 13.2 Å². The molecule has 3 aliphatic rings. The first kappa shape index (κ1) is 23.2. The Morgan fingerprint density at radius 3 is 2.88 bits per heavy atom. The van der Waals surface area contributed by atoms with E-state index in [0.29, 0.717) is 30.2 Å². The number of nitrogens with one attached hydrogen (secondary N) is 1. The topological polar surface area (TPSA) is 129 Å². The van der Waals surface area contributed by atoms with Gasteiger partial charge in [0.1, 0.15) is 5.70 Å². The second-order valence-electron chi connectivity index (χ2n) is 8.40. The monoisotopic (exact) mass is 481 g/mol. The Morgan fingerprint density at radius 1 is 1.47 bits per heavy atom. The molecule has 0 aromatic carbocycles. The van der Waals surface area contributed by atoms with Crippen LogP contribution in [0, 0.1) is 11.8 Å². The second-order valence-corrected chi connectivity index (χ2v) is 10.7. The van der Waals surface area contributed by atoms with E-state index in [-0.39, 0.29) is 34.9 Å². The van der Waals surface area contributed by atoms with Crippen molar-refractivity contribution in [2.45, 2.75) is 57.1 Å². The molecule has 3 N–H and O–H groups in total. The summed E-state index contributed by atoms with van der Waals surface area (Å²) >= 11 is 2.95. The summed E-state index contributed by atoms with van der Waals surface area (Å²) in [5, 5.41) is 25.9. The molecule has 3 aliphatic heterocycles. The summed E-state index contributed by atoms with van der Waals surface area (Å²) in [6.07, 6.45) is 0.695. The number of carbonyl (C=O) groups excluding carboxylic acids is 2. The van der Waals surface area contributed by atoms with Crippen molar-refractivity contribution in [3.05, 3.63) is 26.7 Å². The van der Waals surface area contributed by atoms with Crippen LogP contribution in [-0.4, -0.2) is 74.5 Å². The fourth-order valence-corrected chi connectivity index (χ4v) is 7.16. The number of ether oxygens (including phenoxy) is 1. The number of rotatable bonds is 8. The van der Waals surface area contributed by atoms with Crippen molar-refractivity contribution in [3.63, 3.8) is 0 Å². The summed E-state index contributed by atoms with van der Waals surface area (Å²) < 4.78 is 4.98. The SMILES string of the molecule is CCOC(=O)c1csc(C[C@@H]2C[C@H](SC3=C(C(=O)O)N4C(=O)C([C@@H](C)O)C4[C@H]3C)CN2)n1. The maximum absolute atomic E-state index is 12.5. The number of carboxylic acids is 1. The average molecular weight is 482 g/mol. The number of aliphatic hydroxyl groups is 1. The minimum Gasteiger partial charge on any atom is -0.477 e. The molecule has 1 aromatic heterocycles. The number of thiazole rings is 1. The largest absolute Gasteiger partial charge is 0.477 e. The zero-order valence-electron chi connectivity index (χ0n) is 18.1. The van der Waals surface area contributed by atoms with Gasteiger partial charge in [-0.15, -0.1) is 23.1 Å². The van der Waals surface area contributed by atoms with E-state index in [1.165, 1.54) is 28.0 Å². The number of fused-ring (bicyclic) bond motifs is 1. The number of aromatic nitrogens is 1. The van der Waals surface area contributed by atoms with Crippen LogP contribution in [0.25, 0.3) is 0 Å². The third-order valence-corrected chi connectivity index (χ3v) is 8.63. The number of amides is 1. The van der Waals surface area contributed by atoms with Gasteiger partial charge in [-0.2, -0.15) is 0 Å². The average Bonchev–Trinajstić information content (AvgIpc) is 3.42. The molecule has 4 heterocycles. The molecule has 2 unspecified atom stereocenters. The first-order chi connectivity index (χ1) is 15.2. The quantitative estimate of drug-likeness (QED) is 0.373. The number of esters is 1. The van der Waals surface area contributed by atoms with Gasteiger partial charge in [-0.05, 0) is 20.3 Å². The lowest BCUT2D eigenvalue weighted by atomic mass is 9.79. The Morgan fingerprint density at radius 2 is 2.22 bits per heavy atom. The van der Waals surface area contributed by atoms with Crippen LogP contribution >= 0.6 is 23.1 Å². The number of aliphatic carboxylic acids is 1. The first-order valence-electron chi connectivity index (χ1n) is 10.7. The van der Waals surface area contributed by atoms with E-state index in [9.17, 15) is 24.6 Å².